The van der Waals surface area contributed by atoms with Gasteiger partial charge in [-0.2, -0.15) is 0 Å². The lowest BCUT2D eigenvalue weighted by molar-refractivity contribution is 0.262. The number of imidazole rings is 1. The van der Waals surface area contributed by atoms with Gasteiger partial charge in [0.15, 0.2) is 5.65 Å². The van der Waals surface area contributed by atoms with E-state index in [4.69, 9.17) is 4.74 Å². The Morgan fingerprint density at radius 2 is 1.96 bits per heavy atom. The van der Waals surface area contributed by atoms with E-state index in [1.807, 2.05) is 30.5 Å². The van der Waals surface area contributed by atoms with Crippen LogP contribution in [-0.2, 0) is 11.2 Å². The van der Waals surface area contributed by atoms with Crippen LogP contribution >= 0.6 is 0 Å². The molecule has 4 nitrogen and oxygen atoms in total. The number of hydrogen-bond donors (Lipinski definition) is 1. The molecule has 1 N–H and O–H groups in total. The third-order valence-corrected chi connectivity index (χ3v) is 4.61. The summed E-state index contributed by atoms with van der Waals surface area (Å²) in [6.45, 7) is 2.12. The Bertz CT molecular complexity index is 1010. The highest BCUT2D eigenvalue weighted by atomic mass is 16.5. The van der Waals surface area contributed by atoms with E-state index in [-0.39, 0.29) is 5.92 Å². The van der Waals surface area contributed by atoms with E-state index in [2.05, 4.69) is 58.3 Å². The largest absolute Gasteiger partial charge is 0.500 e. The Kier molecular flexibility index (Phi) is 4.40. The standard InChI is InChI=1S/C22H21N3O/c1-15-8-9-16(10-11-20(15)26-2)12-21-24-19-13-18(14-23-22(19)25-21)17-6-4-3-5-7-17/h3-11,13-15H,12H2,1-2H3,(H,23,24,25). The van der Waals surface area contributed by atoms with Gasteiger partial charge in [-0.05, 0) is 23.3 Å². The fraction of sp³-hybridized carbons (Fsp3) is 0.182. The second-order valence-electron chi connectivity index (χ2n) is 6.48. The number of H-pyrrole nitrogens is 1. The number of rotatable bonds is 4. The third kappa shape index (κ3) is 3.31. The molecule has 4 heteroatoms. The van der Waals surface area contributed by atoms with Gasteiger partial charge in [0.25, 0.3) is 0 Å². The minimum atomic E-state index is 0.277. The zero-order chi connectivity index (χ0) is 17.9. The van der Waals surface area contributed by atoms with Crippen molar-refractivity contribution < 1.29 is 4.74 Å². The van der Waals surface area contributed by atoms with Crippen LogP contribution in [0.4, 0.5) is 0 Å². The van der Waals surface area contributed by atoms with Gasteiger partial charge in [-0.3, -0.25) is 0 Å². The van der Waals surface area contributed by atoms with Crippen molar-refractivity contribution in [2.24, 2.45) is 5.92 Å². The SMILES string of the molecule is COC1=CC=C(Cc2nc3ncc(-c4ccccc4)cc3[nH]2)C=CC1C. The summed E-state index contributed by atoms with van der Waals surface area (Å²) in [4.78, 5) is 12.6. The fourth-order valence-electron chi connectivity index (χ4n) is 3.15. The molecule has 4 rings (SSSR count). The fourth-order valence-corrected chi connectivity index (χ4v) is 3.15. The van der Waals surface area contributed by atoms with Gasteiger partial charge in [0.1, 0.15) is 11.6 Å². The first kappa shape index (κ1) is 16.3. The normalized spacial score (nSPS) is 16.9. The number of aromatic nitrogens is 3. The number of methoxy groups -OCH3 is 1. The number of benzene rings is 1. The maximum absolute atomic E-state index is 5.42. The molecule has 26 heavy (non-hydrogen) atoms. The van der Waals surface area contributed by atoms with Gasteiger partial charge in [-0.25, -0.2) is 9.97 Å². The zero-order valence-corrected chi connectivity index (χ0v) is 14.9. The van der Waals surface area contributed by atoms with Crippen molar-refractivity contribution in [3.8, 4) is 11.1 Å². The molecule has 1 unspecified atom stereocenters. The average Bonchev–Trinajstić information content (AvgIpc) is 2.99. The summed E-state index contributed by atoms with van der Waals surface area (Å²) < 4.78 is 5.42. The van der Waals surface area contributed by atoms with Crippen LogP contribution in [0, 0.1) is 5.92 Å². The number of ether oxygens (including phenoxy) is 1. The Morgan fingerprint density at radius 3 is 2.77 bits per heavy atom. The first-order valence-electron chi connectivity index (χ1n) is 8.76. The number of hydrogen-bond acceptors (Lipinski definition) is 3. The summed E-state index contributed by atoms with van der Waals surface area (Å²) in [6, 6.07) is 12.4. The van der Waals surface area contributed by atoms with E-state index in [0.717, 1.165) is 40.3 Å². The molecule has 2 aromatic heterocycles. The van der Waals surface area contributed by atoms with E-state index in [1.165, 1.54) is 5.57 Å². The lowest BCUT2D eigenvalue weighted by atomic mass is 10.1. The van der Waals surface area contributed by atoms with Crippen molar-refractivity contribution in [3.63, 3.8) is 0 Å². The zero-order valence-electron chi connectivity index (χ0n) is 14.9. The molecule has 0 amide bonds. The molecule has 2 heterocycles. The highest BCUT2D eigenvalue weighted by molar-refractivity contribution is 5.78. The molecule has 0 saturated heterocycles. The van der Waals surface area contributed by atoms with E-state index in [9.17, 15) is 0 Å². The summed E-state index contributed by atoms with van der Waals surface area (Å²) in [5.41, 5.74) is 5.13. The molecule has 130 valence electrons. The van der Waals surface area contributed by atoms with Crippen molar-refractivity contribution in [3.05, 3.63) is 84.1 Å². The maximum atomic E-state index is 5.42. The first-order chi connectivity index (χ1) is 12.7. The second-order valence-corrected chi connectivity index (χ2v) is 6.48. The smallest absolute Gasteiger partial charge is 0.177 e. The van der Waals surface area contributed by atoms with Gasteiger partial charge >= 0.3 is 0 Å². The number of nitrogens with one attached hydrogen (secondary N) is 1. The van der Waals surface area contributed by atoms with Gasteiger partial charge in [0.05, 0.1) is 12.6 Å². The molecule has 0 saturated carbocycles. The molecule has 1 aromatic carbocycles. The summed E-state index contributed by atoms with van der Waals surface area (Å²) in [5.74, 6) is 2.16. The third-order valence-electron chi connectivity index (χ3n) is 4.61. The van der Waals surface area contributed by atoms with Crippen LogP contribution < -0.4 is 0 Å². The average molecular weight is 343 g/mol. The lowest BCUT2D eigenvalue weighted by Gasteiger charge is -2.08. The lowest BCUT2D eigenvalue weighted by Crippen LogP contribution is -1.96. The number of allylic oxidation sites excluding steroid dienone is 5. The van der Waals surface area contributed by atoms with Crippen molar-refractivity contribution in [2.45, 2.75) is 13.3 Å². The minimum Gasteiger partial charge on any atom is -0.500 e. The van der Waals surface area contributed by atoms with Crippen LogP contribution in [0.15, 0.2) is 78.2 Å². The number of nitrogens with zero attached hydrogens (tertiary/aromatic N) is 2. The molecule has 0 radical (unpaired) electrons. The maximum Gasteiger partial charge on any atom is 0.177 e. The van der Waals surface area contributed by atoms with Crippen LogP contribution in [0.1, 0.15) is 12.7 Å². The van der Waals surface area contributed by atoms with E-state index in [0.29, 0.717) is 0 Å². The van der Waals surface area contributed by atoms with Crippen LogP contribution in [0.5, 0.6) is 0 Å². The van der Waals surface area contributed by atoms with Crippen molar-refractivity contribution >= 4 is 11.2 Å². The first-order valence-corrected chi connectivity index (χ1v) is 8.76. The molecule has 1 aliphatic rings. The topological polar surface area (TPSA) is 50.8 Å². The van der Waals surface area contributed by atoms with E-state index < -0.39 is 0 Å². The van der Waals surface area contributed by atoms with Gasteiger partial charge in [-0.15, -0.1) is 0 Å². The van der Waals surface area contributed by atoms with Crippen molar-refractivity contribution in [1.82, 2.24) is 15.0 Å². The molecule has 1 aliphatic carbocycles. The van der Waals surface area contributed by atoms with Crippen molar-refractivity contribution in [1.29, 1.82) is 0 Å². The highest BCUT2D eigenvalue weighted by Crippen LogP contribution is 2.23. The molecular weight excluding hydrogens is 322 g/mol. The van der Waals surface area contributed by atoms with Crippen LogP contribution in [-0.4, -0.2) is 22.1 Å². The van der Waals surface area contributed by atoms with Crippen molar-refractivity contribution in [2.75, 3.05) is 7.11 Å². The van der Waals surface area contributed by atoms with Crippen LogP contribution in [0.25, 0.3) is 22.3 Å². The Balaban J connectivity index is 1.61. The summed E-state index contributed by atoms with van der Waals surface area (Å²) in [7, 11) is 1.71. The van der Waals surface area contributed by atoms with Gasteiger partial charge in [0.2, 0.25) is 0 Å². The predicted molar refractivity (Wildman–Crippen MR) is 105 cm³/mol. The van der Waals surface area contributed by atoms with Crippen LogP contribution in [0.3, 0.4) is 0 Å². The monoisotopic (exact) mass is 343 g/mol. The van der Waals surface area contributed by atoms with Gasteiger partial charge in [0, 0.05) is 24.1 Å². The Labute approximate surface area is 153 Å². The second kappa shape index (κ2) is 7.00. The quantitative estimate of drug-likeness (QED) is 0.738. The molecule has 0 aliphatic heterocycles. The highest BCUT2D eigenvalue weighted by Gasteiger charge is 2.11. The van der Waals surface area contributed by atoms with E-state index in [1.54, 1.807) is 7.11 Å². The Hall–Kier alpha value is -3.14. The minimum absolute atomic E-state index is 0.277. The number of fused-ring (bicyclic) bond motifs is 1. The summed E-state index contributed by atoms with van der Waals surface area (Å²) in [6.07, 6.45) is 11.0. The molecule has 1 atom stereocenters. The molecule has 3 aromatic rings. The van der Waals surface area contributed by atoms with Gasteiger partial charge in [-0.1, -0.05) is 55.5 Å². The molecular formula is C22H21N3O. The summed E-state index contributed by atoms with van der Waals surface area (Å²) in [5, 5.41) is 0. The van der Waals surface area contributed by atoms with Gasteiger partial charge < -0.3 is 9.72 Å². The van der Waals surface area contributed by atoms with Crippen LogP contribution in [0.2, 0.25) is 0 Å². The molecule has 0 spiro atoms. The molecule has 0 fully saturated rings. The van der Waals surface area contributed by atoms with E-state index >= 15 is 0 Å². The predicted octanol–water partition coefficient (Wildman–Crippen LogP) is 4.83. The summed E-state index contributed by atoms with van der Waals surface area (Å²) >= 11 is 0. The molecule has 0 bridgehead atoms. The number of aromatic amines is 1. The Morgan fingerprint density at radius 1 is 1.12 bits per heavy atom. The number of pyridine rings is 1.